The van der Waals surface area contributed by atoms with Crippen molar-refractivity contribution >= 4 is 15.9 Å². The highest BCUT2D eigenvalue weighted by Gasteiger charge is 2.50. The van der Waals surface area contributed by atoms with Gasteiger partial charge in [-0.1, -0.05) is 30.3 Å². The second-order valence-electron chi connectivity index (χ2n) is 8.84. The van der Waals surface area contributed by atoms with Crippen LogP contribution in [0.3, 0.4) is 0 Å². The Bertz CT molecular complexity index is 1070. The third-order valence-electron chi connectivity index (χ3n) is 7.01. The van der Waals surface area contributed by atoms with Gasteiger partial charge in [0, 0.05) is 43.4 Å². The van der Waals surface area contributed by atoms with Crippen molar-refractivity contribution in [3.63, 3.8) is 0 Å². The van der Waals surface area contributed by atoms with Crippen molar-refractivity contribution in [2.24, 2.45) is 11.8 Å². The Labute approximate surface area is 183 Å². The highest BCUT2D eigenvalue weighted by atomic mass is 32.2. The molecule has 2 aromatic rings. The fourth-order valence-electron chi connectivity index (χ4n) is 5.21. The van der Waals surface area contributed by atoms with E-state index in [9.17, 15) is 13.2 Å². The van der Waals surface area contributed by atoms with Gasteiger partial charge in [0.05, 0.1) is 12.0 Å². The van der Waals surface area contributed by atoms with Crippen molar-refractivity contribution in [1.82, 2.24) is 9.21 Å². The molecule has 3 fully saturated rings. The lowest BCUT2D eigenvalue weighted by atomic mass is 9.82. The van der Waals surface area contributed by atoms with Crippen LogP contribution in [0.2, 0.25) is 0 Å². The highest BCUT2D eigenvalue weighted by molar-refractivity contribution is 7.89. The minimum atomic E-state index is -3.56. The summed E-state index contributed by atoms with van der Waals surface area (Å²) < 4.78 is 33.6. The zero-order valence-electron chi connectivity index (χ0n) is 17.7. The fraction of sp³-hybridized carbons (Fsp3) is 0.458. The van der Waals surface area contributed by atoms with Crippen LogP contribution in [0.25, 0.3) is 0 Å². The van der Waals surface area contributed by atoms with E-state index in [4.69, 9.17) is 4.74 Å². The van der Waals surface area contributed by atoms with E-state index in [2.05, 4.69) is 11.0 Å². The van der Waals surface area contributed by atoms with Gasteiger partial charge in [-0.15, -0.1) is 0 Å². The summed E-state index contributed by atoms with van der Waals surface area (Å²) in [6.45, 7) is 1.52. The molecule has 0 bridgehead atoms. The number of ether oxygens (including phenoxy) is 1. The molecule has 3 atom stereocenters. The van der Waals surface area contributed by atoms with E-state index < -0.39 is 10.0 Å². The van der Waals surface area contributed by atoms with Crippen molar-refractivity contribution in [3.8, 4) is 5.75 Å². The summed E-state index contributed by atoms with van der Waals surface area (Å²) in [5.41, 5.74) is 1.11. The van der Waals surface area contributed by atoms with Crippen LogP contribution < -0.4 is 4.74 Å². The quantitative estimate of drug-likeness (QED) is 0.717. The molecule has 2 aromatic carbocycles. The van der Waals surface area contributed by atoms with Crippen LogP contribution >= 0.6 is 0 Å². The lowest BCUT2D eigenvalue weighted by Gasteiger charge is -2.38. The topological polar surface area (TPSA) is 66.9 Å². The number of carbonyl (C=O) groups is 1. The number of carbonyl (C=O) groups excluding carboxylic acids is 1. The van der Waals surface area contributed by atoms with Gasteiger partial charge in [-0.05, 0) is 49.1 Å². The molecule has 1 aliphatic carbocycles. The van der Waals surface area contributed by atoms with Gasteiger partial charge in [-0.2, -0.15) is 4.31 Å². The van der Waals surface area contributed by atoms with Crippen LogP contribution in [0.5, 0.6) is 5.75 Å². The van der Waals surface area contributed by atoms with Gasteiger partial charge in [0.2, 0.25) is 15.9 Å². The van der Waals surface area contributed by atoms with Gasteiger partial charge in [0.15, 0.2) is 0 Å². The van der Waals surface area contributed by atoms with Gasteiger partial charge in [-0.3, -0.25) is 4.79 Å². The summed E-state index contributed by atoms with van der Waals surface area (Å²) in [6.07, 6.45) is 2.63. The van der Waals surface area contributed by atoms with Gasteiger partial charge < -0.3 is 9.64 Å². The molecule has 164 valence electrons. The van der Waals surface area contributed by atoms with E-state index in [-0.39, 0.29) is 29.7 Å². The number of nitrogens with zero attached hydrogens (tertiary/aromatic N) is 2. The van der Waals surface area contributed by atoms with E-state index in [0.717, 1.165) is 24.2 Å². The van der Waals surface area contributed by atoms with E-state index in [1.807, 2.05) is 24.3 Å². The van der Waals surface area contributed by atoms with Gasteiger partial charge >= 0.3 is 0 Å². The summed E-state index contributed by atoms with van der Waals surface area (Å²) >= 11 is 0. The molecule has 6 nitrogen and oxygen atoms in total. The second kappa shape index (κ2) is 7.95. The number of likely N-dealkylation sites (tertiary alicyclic amines) is 1. The first-order valence-electron chi connectivity index (χ1n) is 11.0. The van der Waals surface area contributed by atoms with Crippen LogP contribution in [0.15, 0.2) is 59.5 Å². The number of sulfonamides is 1. The fourth-order valence-corrected chi connectivity index (χ4v) is 6.72. The maximum atomic E-state index is 13.3. The summed E-state index contributed by atoms with van der Waals surface area (Å²) in [4.78, 5) is 15.4. The van der Waals surface area contributed by atoms with Crippen molar-refractivity contribution in [2.45, 2.75) is 36.1 Å². The smallest absolute Gasteiger partial charge is 0.243 e. The minimum absolute atomic E-state index is 0.0713. The molecule has 1 saturated carbocycles. The first kappa shape index (κ1) is 20.5. The Morgan fingerprint density at radius 3 is 2.48 bits per heavy atom. The Kier molecular flexibility index (Phi) is 5.26. The van der Waals surface area contributed by atoms with Crippen molar-refractivity contribution in [3.05, 3.63) is 60.2 Å². The number of rotatable bonds is 5. The number of benzene rings is 2. The SMILES string of the molecule is COc1cccc([C@@H]2CN(C(=O)C3CC3)[C@H]3CCN(S(=O)(=O)c4ccccc4)C[C@@H]23)c1. The van der Waals surface area contributed by atoms with Crippen LogP contribution in [-0.4, -0.2) is 56.3 Å². The largest absolute Gasteiger partial charge is 0.497 e. The molecule has 1 amide bonds. The molecule has 0 N–H and O–H groups in total. The van der Waals surface area contributed by atoms with Crippen LogP contribution in [0.1, 0.15) is 30.7 Å². The third-order valence-corrected chi connectivity index (χ3v) is 8.89. The van der Waals surface area contributed by atoms with Crippen molar-refractivity contribution < 1.29 is 17.9 Å². The lowest BCUT2D eigenvalue weighted by molar-refractivity contribution is -0.134. The average Bonchev–Trinajstić information content (AvgIpc) is 3.59. The summed E-state index contributed by atoms with van der Waals surface area (Å²) in [7, 11) is -1.91. The number of hydrogen-bond donors (Lipinski definition) is 0. The Balaban J connectivity index is 1.46. The Morgan fingerprint density at radius 1 is 1.00 bits per heavy atom. The lowest BCUT2D eigenvalue weighted by Crippen LogP contribution is -2.49. The summed E-state index contributed by atoms with van der Waals surface area (Å²) in [6, 6.07) is 16.7. The first-order chi connectivity index (χ1) is 15.0. The third kappa shape index (κ3) is 3.74. The minimum Gasteiger partial charge on any atom is -0.497 e. The molecule has 2 heterocycles. The molecule has 2 aliphatic heterocycles. The number of hydrogen-bond acceptors (Lipinski definition) is 4. The standard InChI is InChI=1S/C24H28N2O4S/c1-30-19-7-5-6-18(14-19)21-16-26(24(27)17-10-11-17)23-12-13-25(15-22(21)23)31(28,29)20-8-3-2-4-9-20/h2-9,14,17,21-23H,10-13,15-16H2,1H3/t21-,22-,23-/m0/s1. The normalized spacial score (nSPS) is 26.5. The maximum absolute atomic E-state index is 13.3. The summed E-state index contributed by atoms with van der Waals surface area (Å²) in [5.74, 6) is 1.36. The van der Waals surface area contributed by atoms with Crippen LogP contribution in [0, 0.1) is 11.8 Å². The molecule has 3 aliphatic rings. The van der Waals surface area contributed by atoms with Crippen molar-refractivity contribution in [1.29, 1.82) is 0 Å². The second-order valence-corrected chi connectivity index (χ2v) is 10.8. The van der Waals surface area contributed by atoms with Gasteiger partial charge in [-0.25, -0.2) is 8.42 Å². The average molecular weight is 441 g/mol. The molecule has 0 radical (unpaired) electrons. The Hall–Kier alpha value is -2.38. The number of methoxy groups -OCH3 is 1. The molecule has 0 unspecified atom stereocenters. The van der Waals surface area contributed by atoms with E-state index in [1.54, 1.807) is 35.7 Å². The van der Waals surface area contributed by atoms with E-state index in [1.165, 1.54) is 0 Å². The predicted octanol–water partition coefficient (Wildman–Crippen LogP) is 3.11. The predicted molar refractivity (Wildman–Crippen MR) is 117 cm³/mol. The molecule has 2 saturated heterocycles. The monoisotopic (exact) mass is 440 g/mol. The Morgan fingerprint density at radius 2 is 1.77 bits per heavy atom. The number of fused-ring (bicyclic) bond motifs is 1. The maximum Gasteiger partial charge on any atom is 0.243 e. The highest BCUT2D eigenvalue weighted by Crippen LogP contribution is 2.45. The van der Waals surface area contributed by atoms with E-state index >= 15 is 0 Å². The zero-order valence-corrected chi connectivity index (χ0v) is 18.5. The molecule has 7 heteroatoms. The van der Waals surface area contributed by atoms with E-state index in [0.29, 0.717) is 31.0 Å². The number of amides is 1. The molecular weight excluding hydrogens is 412 g/mol. The molecule has 5 rings (SSSR count). The van der Waals surface area contributed by atoms with Crippen LogP contribution in [0.4, 0.5) is 0 Å². The molecule has 0 spiro atoms. The molecule has 0 aromatic heterocycles. The number of piperidine rings is 1. The van der Waals surface area contributed by atoms with Gasteiger partial charge in [0.1, 0.15) is 5.75 Å². The summed E-state index contributed by atoms with van der Waals surface area (Å²) in [5, 5.41) is 0. The van der Waals surface area contributed by atoms with Gasteiger partial charge in [0.25, 0.3) is 0 Å². The van der Waals surface area contributed by atoms with Crippen molar-refractivity contribution in [2.75, 3.05) is 26.7 Å². The molecular formula is C24H28N2O4S. The first-order valence-corrected chi connectivity index (χ1v) is 12.4. The zero-order chi connectivity index (χ0) is 21.6. The molecule has 31 heavy (non-hydrogen) atoms. The van der Waals surface area contributed by atoms with Crippen LogP contribution in [-0.2, 0) is 14.8 Å².